The predicted octanol–water partition coefficient (Wildman–Crippen LogP) is 3.36. The van der Waals surface area contributed by atoms with Gasteiger partial charge in [0.05, 0.1) is 11.1 Å². The van der Waals surface area contributed by atoms with Crippen molar-refractivity contribution in [3.8, 4) is 0 Å². The summed E-state index contributed by atoms with van der Waals surface area (Å²) in [6, 6.07) is 9.63. The van der Waals surface area contributed by atoms with Gasteiger partial charge in [0.25, 0.3) is 5.91 Å². The van der Waals surface area contributed by atoms with E-state index >= 15 is 0 Å². The van der Waals surface area contributed by atoms with Gasteiger partial charge in [-0.2, -0.15) is 13.2 Å². The van der Waals surface area contributed by atoms with E-state index in [2.05, 4.69) is 10.3 Å². The quantitative estimate of drug-likeness (QED) is 0.584. The number of nitrogens with one attached hydrogen (secondary N) is 2. The van der Waals surface area contributed by atoms with Gasteiger partial charge < -0.3 is 19.7 Å². The standard InChI is InChI=1S/C21H20F3N3O4/c22-21(23,24)13-1-4-15(5-2-13)27-9-7-12(8-10-27)18(28)19(29)25-14-3-6-16-17(11-14)31-20(30)26-16/h1-6,11-12,18,28H,7-10H2,(H,25,29)(H,26,30). The molecule has 2 aromatic carbocycles. The fourth-order valence-electron chi connectivity index (χ4n) is 3.79. The summed E-state index contributed by atoms with van der Waals surface area (Å²) >= 11 is 0. The number of aliphatic hydroxyl groups is 1. The number of aliphatic hydroxyl groups excluding tert-OH is 1. The average Bonchev–Trinajstić information content (AvgIpc) is 3.12. The molecule has 3 aromatic rings. The first-order valence-electron chi connectivity index (χ1n) is 9.75. The minimum Gasteiger partial charge on any atom is -0.408 e. The molecule has 1 fully saturated rings. The van der Waals surface area contributed by atoms with Crippen molar-refractivity contribution in [2.75, 3.05) is 23.3 Å². The molecule has 1 aliphatic heterocycles. The highest BCUT2D eigenvalue weighted by Crippen LogP contribution is 2.32. The van der Waals surface area contributed by atoms with Gasteiger partial charge in [0, 0.05) is 30.5 Å². The number of carbonyl (C=O) groups excluding carboxylic acids is 1. The fraction of sp³-hybridized carbons (Fsp3) is 0.333. The summed E-state index contributed by atoms with van der Waals surface area (Å²) in [5, 5.41) is 13.1. The lowest BCUT2D eigenvalue weighted by atomic mass is 9.90. The lowest BCUT2D eigenvalue weighted by molar-refractivity contribution is -0.137. The number of aromatic amines is 1. The molecule has 1 amide bonds. The van der Waals surface area contributed by atoms with E-state index in [1.165, 1.54) is 18.2 Å². The minimum absolute atomic E-state index is 0.278. The van der Waals surface area contributed by atoms with Gasteiger partial charge in [0.15, 0.2) is 5.58 Å². The van der Waals surface area contributed by atoms with Crippen molar-refractivity contribution in [2.24, 2.45) is 5.92 Å². The van der Waals surface area contributed by atoms with Crippen LogP contribution in [0.5, 0.6) is 0 Å². The number of hydrogen-bond donors (Lipinski definition) is 3. The van der Waals surface area contributed by atoms with Crippen LogP contribution in [0.1, 0.15) is 18.4 Å². The molecule has 2 heterocycles. The van der Waals surface area contributed by atoms with Gasteiger partial charge >= 0.3 is 11.9 Å². The lowest BCUT2D eigenvalue weighted by Gasteiger charge is -2.35. The highest BCUT2D eigenvalue weighted by atomic mass is 19.4. The number of H-pyrrole nitrogens is 1. The third kappa shape index (κ3) is 4.58. The number of alkyl halides is 3. The molecule has 7 nitrogen and oxygen atoms in total. The normalized spacial score (nSPS) is 16.5. The molecule has 10 heteroatoms. The summed E-state index contributed by atoms with van der Waals surface area (Å²) in [6.07, 6.45) is -4.58. The number of halogens is 3. The second-order valence-electron chi connectivity index (χ2n) is 7.53. The Hall–Kier alpha value is -3.27. The number of rotatable bonds is 4. The van der Waals surface area contributed by atoms with E-state index in [9.17, 15) is 27.9 Å². The van der Waals surface area contributed by atoms with Crippen LogP contribution in [0, 0.1) is 5.92 Å². The molecule has 1 saturated heterocycles. The van der Waals surface area contributed by atoms with Gasteiger partial charge in [-0.3, -0.25) is 9.78 Å². The number of benzene rings is 2. The molecule has 4 rings (SSSR count). The van der Waals surface area contributed by atoms with Crippen LogP contribution < -0.4 is 16.0 Å². The number of hydrogen-bond acceptors (Lipinski definition) is 5. The Morgan fingerprint density at radius 1 is 1.16 bits per heavy atom. The first kappa shape index (κ1) is 21.0. The maximum atomic E-state index is 12.7. The van der Waals surface area contributed by atoms with E-state index in [-0.39, 0.29) is 5.92 Å². The Bertz CT molecular complexity index is 1130. The molecule has 164 valence electrons. The largest absolute Gasteiger partial charge is 0.417 e. The second-order valence-corrected chi connectivity index (χ2v) is 7.53. The van der Waals surface area contributed by atoms with Gasteiger partial charge in [-0.15, -0.1) is 0 Å². The molecule has 0 radical (unpaired) electrons. The number of piperidine rings is 1. The van der Waals surface area contributed by atoms with Gasteiger partial charge in [0.1, 0.15) is 6.10 Å². The number of aromatic nitrogens is 1. The van der Waals surface area contributed by atoms with Crippen LogP contribution >= 0.6 is 0 Å². The van der Waals surface area contributed by atoms with Crippen LogP contribution in [0.15, 0.2) is 51.7 Å². The van der Waals surface area contributed by atoms with E-state index in [1.54, 1.807) is 12.1 Å². The highest BCUT2D eigenvalue weighted by Gasteiger charge is 2.32. The van der Waals surface area contributed by atoms with E-state index in [4.69, 9.17) is 4.42 Å². The number of amides is 1. The molecule has 0 saturated carbocycles. The third-order valence-electron chi connectivity index (χ3n) is 5.50. The number of fused-ring (bicyclic) bond motifs is 1. The molecule has 31 heavy (non-hydrogen) atoms. The molecule has 3 N–H and O–H groups in total. The van der Waals surface area contributed by atoms with E-state index in [0.29, 0.717) is 48.4 Å². The summed E-state index contributed by atoms with van der Waals surface area (Å²) in [4.78, 5) is 28.1. The summed E-state index contributed by atoms with van der Waals surface area (Å²) in [5.41, 5.74) is 1.16. The van der Waals surface area contributed by atoms with E-state index in [1.807, 2.05) is 4.90 Å². The first-order valence-corrected chi connectivity index (χ1v) is 9.75. The SMILES string of the molecule is O=C(Nc1ccc2[nH]c(=O)oc2c1)C(O)C1CCN(c2ccc(C(F)(F)F)cc2)CC1. The number of carbonyl (C=O) groups is 1. The monoisotopic (exact) mass is 435 g/mol. The van der Waals surface area contributed by atoms with Crippen LogP contribution in [0.3, 0.4) is 0 Å². The van der Waals surface area contributed by atoms with Crippen LogP contribution in [-0.4, -0.2) is 35.2 Å². The van der Waals surface area contributed by atoms with Crippen molar-refractivity contribution in [1.82, 2.24) is 4.98 Å². The molecule has 1 atom stereocenters. The lowest BCUT2D eigenvalue weighted by Crippen LogP contribution is -2.42. The molecule has 0 spiro atoms. The summed E-state index contributed by atoms with van der Waals surface area (Å²) in [5.74, 6) is -1.44. The van der Waals surface area contributed by atoms with Crippen molar-refractivity contribution in [2.45, 2.75) is 25.1 Å². The van der Waals surface area contributed by atoms with Crippen LogP contribution in [0.4, 0.5) is 24.5 Å². The summed E-state index contributed by atoms with van der Waals surface area (Å²) < 4.78 is 43.1. The Labute approximate surface area is 174 Å². The van der Waals surface area contributed by atoms with Gasteiger partial charge in [-0.1, -0.05) is 0 Å². The highest BCUT2D eigenvalue weighted by molar-refractivity contribution is 5.95. The predicted molar refractivity (Wildman–Crippen MR) is 108 cm³/mol. The molecule has 1 unspecified atom stereocenters. The second kappa shape index (κ2) is 8.10. The van der Waals surface area contributed by atoms with Crippen LogP contribution in [0.25, 0.3) is 11.1 Å². The molecular weight excluding hydrogens is 415 g/mol. The minimum atomic E-state index is -4.38. The zero-order chi connectivity index (χ0) is 22.2. The number of oxazole rings is 1. The molecule has 0 bridgehead atoms. The Kier molecular flexibility index (Phi) is 5.48. The summed E-state index contributed by atoms with van der Waals surface area (Å²) in [6.45, 7) is 1.03. The van der Waals surface area contributed by atoms with Crippen LogP contribution in [0.2, 0.25) is 0 Å². The number of nitrogens with zero attached hydrogens (tertiary/aromatic N) is 1. The third-order valence-corrected chi connectivity index (χ3v) is 5.50. The van der Waals surface area contributed by atoms with Crippen molar-refractivity contribution < 1.29 is 27.5 Å². The zero-order valence-corrected chi connectivity index (χ0v) is 16.3. The molecule has 1 aliphatic rings. The van der Waals surface area contributed by atoms with Gasteiger partial charge in [-0.05, 0) is 55.2 Å². The average molecular weight is 435 g/mol. The van der Waals surface area contributed by atoms with Gasteiger partial charge in [-0.25, -0.2) is 4.79 Å². The Morgan fingerprint density at radius 2 is 1.84 bits per heavy atom. The zero-order valence-electron chi connectivity index (χ0n) is 16.3. The molecule has 1 aromatic heterocycles. The van der Waals surface area contributed by atoms with E-state index in [0.717, 1.165) is 12.1 Å². The fourth-order valence-corrected chi connectivity index (χ4v) is 3.79. The Morgan fingerprint density at radius 3 is 2.48 bits per heavy atom. The Balaban J connectivity index is 1.34. The van der Waals surface area contributed by atoms with Crippen molar-refractivity contribution in [3.63, 3.8) is 0 Å². The summed E-state index contributed by atoms with van der Waals surface area (Å²) in [7, 11) is 0. The van der Waals surface area contributed by atoms with Crippen molar-refractivity contribution >= 4 is 28.4 Å². The molecule has 0 aliphatic carbocycles. The van der Waals surface area contributed by atoms with Crippen molar-refractivity contribution in [1.29, 1.82) is 0 Å². The smallest absolute Gasteiger partial charge is 0.408 e. The van der Waals surface area contributed by atoms with Crippen LogP contribution in [-0.2, 0) is 11.0 Å². The topological polar surface area (TPSA) is 98.6 Å². The van der Waals surface area contributed by atoms with Crippen molar-refractivity contribution in [3.05, 3.63) is 58.6 Å². The maximum Gasteiger partial charge on any atom is 0.417 e. The van der Waals surface area contributed by atoms with Gasteiger partial charge in [0.2, 0.25) is 0 Å². The first-order chi connectivity index (χ1) is 14.7. The van der Waals surface area contributed by atoms with E-state index < -0.39 is 29.5 Å². The number of anilines is 2. The molecular formula is C21H20F3N3O4. The maximum absolute atomic E-state index is 12.7.